The quantitative estimate of drug-likeness (QED) is 0.820. The third-order valence-corrected chi connectivity index (χ3v) is 3.51. The van der Waals surface area contributed by atoms with Crippen LogP contribution in [0.1, 0.15) is 9.67 Å². The Balaban J connectivity index is 1.93. The highest BCUT2D eigenvalue weighted by Gasteiger charge is 2.36. The van der Waals surface area contributed by atoms with Crippen LogP contribution in [0.15, 0.2) is 29.7 Å². The summed E-state index contributed by atoms with van der Waals surface area (Å²) in [6, 6.07) is 3.60. The molecule has 1 aromatic rings. The Morgan fingerprint density at radius 3 is 3.00 bits per heavy atom. The van der Waals surface area contributed by atoms with Gasteiger partial charge >= 0.3 is 0 Å². The molecule has 1 amide bonds. The number of ether oxygens (including phenoxy) is 3. The van der Waals surface area contributed by atoms with Gasteiger partial charge in [0.05, 0.1) is 11.4 Å². The molecule has 5 nitrogen and oxygen atoms in total. The van der Waals surface area contributed by atoms with Crippen LogP contribution in [0.3, 0.4) is 0 Å². The fourth-order valence-corrected chi connectivity index (χ4v) is 2.25. The van der Waals surface area contributed by atoms with Gasteiger partial charge in [-0.25, -0.2) is 0 Å². The van der Waals surface area contributed by atoms with E-state index in [9.17, 15) is 4.79 Å². The predicted molar refractivity (Wildman–Crippen MR) is 67.4 cm³/mol. The monoisotopic (exact) mass is 269 g/mol. The molecule has 2 unspecified atom stereocenters. The van der Waals surface area contributed by atoms with E-state index in [0.29, 0.717) is 4.88 Å². The molecule has 1 aromatic heterocycles. The van der Waals surface area contributed by atoms with Crippen molar-refractivity contribution in [3.63, 3.8) is 0 Å². The van der Waals surface area contributed by atoms with Gasteiger partial charge in [0.1, 0.15) is 0 Å². The highest BCUT2D eigenvalue weighted by molar-refractivity contribution is 7.12. The van der Waals surface area contributed by atoms with Gasteiger partial charge in [0.15, 0.2) is 6.29 Å². The van der Waals surface area contributed by atoms with Crippen LogP contribution < -0.4 is 5.32 Å². The Hall–Kier alpha value is -1.21. The molecule has 0 aromatic carbocycles. The molecular weight excluding hydrogens is 254 g/mol. The average molecular weight is 269 g/mol. The molecule has 0 fully saturated rings. The van der Waals surface area contributed by atoms with Crippen molar-refractivity contribution < 1.29 is 19.0 Å². The summed E-state index contributed by atoms with van der Waals surface area (Å²) in [5.74, 6) is -1.09. The summed E-state index contributed by atoms with van der Waals surface area (Å²) in [5.41, 5.74) is 0. The normalized spacial score (nSPS) is 26.4. The molecule has 2 rings (SSSR count). The Morgan fingerprint density at radius 1 is 1.61 bits per heavy atom. The SMILES string of the molecule is COC1C=CC(CNC(=O)c2cccs2)(OC)O1. The molecule has 0 radical (unpaired) electrons. The summed E-state index contributed by atoms with van der Waals surface area (Å²) in [5, 5.41) is 4.63. The maximum Gasteiger partial charge on any atom is 0.261 e. The number of carbonyl (C=O) groups excluding carboxylic acids is 1. The topological polar surface area (TPSA) is 56.8 Å². The van der Waals surface area contributed by atoms with Gasteiger partial charge in [0, 0.05) is 14.2 Å². The van der Waals surface area contributed by atoms with Gasteiger partial charge in [-0.2, -0.15) is 0 Å². The molecule has 2 heterocycles. The van der Waals surface area contributed by atoms with Gasteiger partial charge in [-0.05, 0) is 23.6 Å². The van der Waals surface area contributed by atoms with Crippen LogP contribution in [0.5, 0.6) is 0 Å². The number of hydrogen-bond acceptors (Lipinski definition) is 5. The molecule has 0 saturated carbocycles. The van der Waals surface area contributed by atoms with Gasteiger partial charge in [-0.3, -0.25) is 4.79 Å². The molecule has 0 bridgehead atoms. The molecule has 1 aliphatic heterocycles. The zero-order valence-electron chi connectivity index (χ0n) is 10.2. The molecule has 1 aliphatic rings. The number of amides is 1. The number of rotatable bonds is 5. The van der Waals surface area contributed by atoms with Crippen LogP contribution in [0, 0.1) is 0 Å². The molecular formula is C12H15NO4S. The van der Waals surface area contributed by atoms with Gasteiger partial charge in [0.2, 0.25) is 5.79 Å². The summed E-state index contributed by atoms with van der Waals surface area (Å²) in [4.78, 5) is 12.5. The smallest absolute Gasteiger partial charge is 0.261 e. The molecule has 0 aliphatic carbocycles. The van der Waals surface area contributed by atoms with E-state index in [4.69, 9.17) is 14.2 Å². The average Bonchev–Trinajstić information content (AvgIpc) is 3.06. The largest absolute Gasteiger partial charge is 0.352 e. The maximum atomic E-state index is 11.8. The van der Waals surface area contributed by atoms with Gasteiger partial charge in [-0.1, -0.05) is 6.07 Å². The summed E-state index contributed by atoms with van der Waals surface area (Å²) in [6.07, 6.45) is 3.06. The zero-order chi connectivity index (χ0) is 13.0. The lowest BCUT2D eigenvalue weighted by molar-refractivity contribution is -0.238. The lowest BCUT2D eigenvalue weighted by Crippen LogP contribution is -2.44. The van der Waals surface area contributed by atoms with E-state index >= 15 is 0 Å². The summed E-state index contributed by atoms with van der Waals surface area (Å²) in [6.45, 7) is 0.233. The summed E-state index contributed by atoms with van der Waals surface area (Å²) >= 11 is 1.39. The number of hydrogen-bond donors (Lipinski definition) is 1. The number of nitrogens with one attached hydrogen (secondary N) is 1. The Bertz CT molecular complexity index is 431. The fourth-order valence-electron chi connectivity index (χ4n) is 1.61. The van der Waals surface area contributed by atoms with Crippen molar-refractivity contribution in [1.29, 1.82) is 0 Å². The number of carbonyl (C=O) groups is 1. The van der Waals surface area contributed by atoms with Crippen molar-refractivity contribution in [2.45, 2.75) is 12.1 Å². The minimum Gasteiger partial charge on any atom is -0.352 e. The second-order valence-corrected chi connectivity index (χ2v) is 4.70. The van der Waals surface area contributed by atoms with E-state index in [2.05, 4.69) is 5.32 Å². The van der Waals surface area contributed by atoms with E-state index in [-0.39, 0.29) is 12.5 Å². The standard InChI is InChI=1S/C12H15NO4S/c1-15-10-5-6-12(16-2,17-10)8-13-11(14)9-4-3-7-18-9/h3-7,10H,8H2,1-2H3,(H,13,14). The van der Waals surface area contributed by atoms with E-state index in [1.165, 1.54) is 18.4 Å². The first kappa shape index (κ1) is 13.2. The number of methoxy groups -OCH3 is 2. The first-order chi connectivity index (χ1) is 8.69. The zero-order valence-corrected chi connectivity index (χ0v) is 11.0. The van der Waals surface area contributed by atoms with Gasteiger partial charge < -0.3 is 19.5 Å². The fraction of sp³-hybridized carbons (Fsp3) is 0.417. The van der Waals surface area contributed by atoms with Crippen LogP contribution in [-0.2, 0) is 14.2 Å². The Labute approximate surface area is 109 Å². The van der Waals surface area contributed by atoms with Crippen LogP contribution >= 0.6 is 11.3 Å². The number of thiophene rings is 1. The molecule has 98 valence electrons. The Kier molecular flexibility index (Phi) is 4.13. The van der Waals surface area contributed by atoms with Crippen molar-refractivity contribution >= 4 is 17.2 Å². The molecule has 6 heteroatoms. The van der Waals surface area contributed by atoms with E-state index in [1.807, 2.05) is 11.4 Å². The highest BCUT2D eigenvalue weighted by Crippen LogP contribution is 2.24. The first-order valence-corrected chi connectivity index (χ1v) is 6.34. The van der Waals surface area contributed by atoms with Crippen LogP contribution in [0.2, 0.25) is 0 Å². The highest BCUT2D eigenvalue weighted by atomic mass is 32.1. The van der Waals surface area contributed by atoms with Crippen molar-refractivity contribution in [3.05, 3.63) is 34.5 Å². The van der Waals surface area contributed by atoms with Gasteiger partial charge in [-0.15, -0.1) is 11.3 Å². The second kappa shape index (κ2) is 5.62. The van der Waals surface area contributed by atoms with Gasteiger partial charge in [0.25, 0.3) is 5.91 Å². The molecule has 2 atom stereocenters. The molecule has 0 saturated heterocycles. The van der Waals surface area contributed by atoms with Crippen LogP contribution in [-0.4, -0.2) is 38.7 Å². The minimum atomic E-state index is -0.951. The van der Waals surface area contributed by atoms with E-state index < -0.39 is 12.1 Å². The predicted octanol–water partition coefficient (Wildman–Crippen LogP) is 1.38. The van der Waals surface area contributed by atoms with Crippen molar-refractivity contribution in [2.24, 2.45) is 0 Å². The minimum absolute atomic E-state index is 0.140. The third kappa shape index (κ3) is 2.78. The maximum absolute atomic E-state index is 11.8. The van der Waals surface area contributed by atoms with E-state index in [1.54, 1.807) is 25.3 Å². The first-order valence-electron chi connectivity index (χ1n) is 5.46. The Morgan fingerprint density at radius 2 is 2.44 bits per heavy atom. The summed E-state index contributed by atoms with van der Waals surface area (Å²) < 4.78 is 15.9. The van der Waals surface area contributed by atoms with E-state index in [0.717, 1.165) is 0 Å². The lowest BCUT2D eigenvalue weighted by atomic mass is 10.2. The molecule has 1 N–H and O–H groups in total. The van der Waals surface area contributed by atoms with Crippen LogP contribution in [0.4, 0.5) is 0 Å². The van der Waals surface area contributed by atoms with Crippen molar-refractivity contribution in [2.75, 3.05) is 20.8 Å². The molecule has 0 spiro atoms. The lowest BCUT2D eigenvalue weighted by Gasteiger charge is -2.27. The third-order valence-electron chi connectivity index (χ3n) is 2.64. The van der Waals surface area contributed by atoms with Crippen molar-refractivity contribution in [3.8, 4) is 0 Å². The summed E-state index contributed by atoms with van der Waals surface area (Å²) in [7, 11) is 3.07. The van der Waals surface area contributed by atoms with Crippen molar-refractivity contribution in [1.82, 2.24) is 5.32 Å². The second-order valence-electron chi connectivity index (χ2n) is 3.76. The molecule has 18 heavy (non-hydrogen) atoms. The van der Waals surface area contributed by atoms with Crippen LogP contribution in [0.25, 0.3) is 0 Å².